The predicted octanol–water partition coefficient (Wildman–Crippen LogP) is 2.65. The van der Waals surface area contributed by atoms with E-state index in [1.807, 2.05) is 30.3 Å². The summed E-state index contributed by atoms with van der Waals surface area (Å²) < 4.78 is 10.9. The molecule has 2 aromatic carbocycles. The fraction of sp³-hybridized carbons (Fsp3) is 0.0769. The molecule has 0 saturated carbocycles. The first-order chi connectivity index (χ1) is 8.20. The summed E-state index contributed by atoms with van der Waals surface area (Å²) in [7, 11) is 1.56. The number of anilines is 2. The molecule has 0 spiro atoms. The van der Waals surface area contributed by atoms with Crippen LogP contribution in [0.2, 0.25) is 0 Å². The normalized spacial score (nSPS) is 9.94. The zero-order valence-electron chi connectivity index (χ0n) is 9.51. The fourth-order valence-electron chi connectivity index (χ4n) is 1.45. The van der Waals surface area contributed by atoms with Crippen LogP contribution in [-0.2, 0) is 0 Å². The number of nitrogens with two attached hydrogens (primary N) is 2. The van der Waals surface area contributed by atoms with Gasteiger partial charge < -0.3 is 20.9 Å². The van der Waals surface area contributed by atoms with E-state index in [0.29, 0.717) is 22.9 Å². The van der Waals surface area contributed by atoms with Crippen molar-refractivity contribution in [3.8, 4) is 17.2 Å². The van der Waals surface area contributed by atoms with Gasteiger partial charge in [-0.3, -0.25) is 0 Å². The van der Waals surface area contributed by atoms with E-state index in [4.69, 9.17) is 20.9 Å². The summed E-state index contributed by atoms with van der Waals surface area (Å²) in [6, 6.07) is 12.7. The zero-order valence-corrected chi connectivity index (χ0v) is 9.51. The van der Waals surface area contributed by atoms with Crippen LogP contribution in [0.1, 0.15) is 0 Å². The second-order valence-corrected chi connectivity index (χ2v) is 3.55. The van der Waals surface area contributed by atoms with Crippen LogP contribution in [0, 0.1) is 0 Å². The van der Waals surface area contributed by atoms with Gasteiger partial charge in [-0.05, 0) is 12.1 Å². The fourth-order valence-corrected chi connectivity index (χ4v) is 1.45. The molecule has 0 saturated heterocycles. The topological polar surface area (TPSA) is 70.5 Å². The monoisotopic (exact) mass is 230 g/mol. The first-order valence-electron chi connectivity index (χ1n) is 5.16. The molecule has 0 radical (unpaired) electrons. The predicted molar refractivity (Wildman–Crippen MR) is 68.3 cm³/mol. The standard InChI is InChI=1S/C13H14N2O2/c1-16-12-7-10(14)11(15)8-13(12)17-9-5-3-2-4-6-9/h2-8H,14-15H2,1H3. The summed E-state index contributed by atoms with van der Waals surface area (Å²) in [6.45, 7) is 0. The Morgan fingerprint density at radius 3 is 2.06 bits per heavy atom. The highest BCUT2D eigenvalue weighted by Crippen LogP contribution is 2.36. The van der Waals surface area contributed by atoms with Crippen LogP contribution in [0.15, 0.2) is 42.5 Å². The summed E-state index contributed by atoms with van der Waals surface area (Å²) in [6.07, 6.45) is 0. The van der Waals surface area contributed by atoms with Crippen molar-refractivity contribution in [1.82, 2.24) is 0 Å². The molecule has 2 rings (SSSR count). The maximum absolute atomic E-state index is 5.74. The van der Waals surface area contributed by atoms with Crippen LogP contribution in [0.25, 0.3) is 0 Å². The highest BCUT2D eigenvalue weighted by molar-refractivity contribution is 5.69. The molecule has 0 amide bonds. The molecule has 0 unspecified atom stereocenters. The van der Waals surface area contributed by atoms with Crippen LogP contribution in [0.4, 0.5) is 11.4 Å². The molecule has 88 valence electrons. The number of methoxy groups -OCH3 is 1. The first kappa shape index (κ1) is 11.1. The third kappa shape index (κ3) is 2.42. The van der Waals surface area contributed by atoms with Crippen molar-refractivity contribution in [3.63, 3.8) is 0 Å². The van der Waals surface area contributed by atoms with Gasteiger partial charge in [-0.1, -0.05) is 18.2 Å². The number of nitrogen functional groups attached to an aromatic ring is 2. The highest BCUT2D eigenvalue weighted by Gasteiger charge is 2.08. The van der Waals surface area contributed by atoms with Crippen LogP contribution < -0.4 is 20.9 Å². The Bertz CT molecular complexity index is 512. The van der Waals surface area contributed by atoms with Crippen molar-refractivity contribution in [2.24, 2.45) is 0 Å². The summed E-state index contributed by atoms with van der Waals surface area (Å²) in [5.74, 6) is 1.82. The number of hydrogen-bond acceptors (Lipinski definition) is 4. The van der Waals surface area contributed by atoms with E-state index < -0.39 is 0 Å². The van der Waals surface area contributed by atoms with Crippen LogP contribution in [-0.4, -0.2) is 7.11 Å². The Balaban J connectivity index is 2.35. The number of rotatable bonds is 3. The zero-order chi connectivity index (χ0) is 12.3. The molecule has 4 heteroatoms. The van der Waals surface area contributed by atoms with Gasteiger partial charge in [0.25, 0.3) is 0 Å². The minimum atomic E-state index is 0.469. The van der Waals surface area contributed by atoms with Crippen LogP contribution >= 0.6 is 0 Å². The summed E-state index contributed by atoms with van der Waals surface area (Å²) >= 11 is 0. The van der Waals surface area contributed by atoms with Crippen molar-refractivity contribution in [1.29, 1.82) is 0 Å². The lowest BCUT2D eigenvalue weighted by molar-refractivity contribution is 0.379. The molecule has 0 heterocycles. The second-order valence-electron chi connectivity index (χ2n) is 3.55. The minimum Gasteiger partial charge on any atom is -0.493 e. The molecule has 0 fully saturated rings. The van der Waals surface area contributed by atoms with Gasteiger partial charge in [-0.2, -0.15) is 0 Å². The van der Waals surface area contributed by atoms with Crippen molar-refractivity contribution in [2.75, 3.05) is 18.6 Å². The van der Waals surface area contributed by atoms with Gasteiger partial charge in [0.05, 0.1) is 18.5 Å². The van der Waals surface area contributed by atoms with Crippen LogP contribution in [0.3, 0.4) is 0 Å². The smallest absolute Gasteiger partial charge is 0.171 e. The average Bonchev–Trinajstić information content (AvgIpc) is 2.35. The molecular weight excluding hydrogens is 216 g/mol. The van der Waals surface area contributed by atoms with E-state index in [1.54, 1.807) is 19.2 Å². The number of ether oxygens (including phenoxy) is 2. The van der Waals surface area contributed by atoms with Crippen molar-refractivity contribution >= 4 is 11.4 Å². The van der Waals surface area contributed by atoms with Gasteiger partial charge in [0.2, 0.25) is 0 Å². The first-order valence-corrected chi connectivity index (χ1v) is 5.16. The lowest BCUT2D eigenvalue weighted by atomic mass is 10.2. The Labute approximate surface area is 99.8 Å². The maximum Gasteiger partial charge on any atom is 0.171 e. The lowest BCUT2D eigenvalue weighted by Gasteiger charge is -2.12. The van der Waals surface area contributed by atoms with Crippen molar-refractivity contribution < 1.29 is 9.47 Å². The molecule has 0 aliphatic rings. The van der Waals surface area contributed by atoms with E-state index in [-0.39, 0.29) is 0 Å². The van der Waals surface area contributed by atoms with Crippen molar-refractivity contribution in [3.05, 3.63) is 42.5 Å². The van der Waals surface area contributed by atoms with Gasteiger partial charge >= 0.3 is 0 Å². The molecule has 4 nitrogen and oxygen atoms in total. The van der Waals surface area contributed by atoms with Gasteiger partial charge in [0.1, 0.15) is 5.75 Å². The molecule has 0 atom stereocenters. The van der Waals surface area contributed by atoms with E-state index in [1.165, 1.54) is 0 Å². The largest absolute Gasteiger partial charge is 0.493 e. The third-order valence-electron chi connectivity index (χ3n) is 2.34. The highest BCUT2D eigenvalue weighted by atomic mass is 16.5. The Hall–Kier alpha value is -2.36. The molecule has 4 N–H and O–H groups in total. The second kappa shape index (κ2) is 4.65. The number of para-hydroxylation sites is 1. The third-order valence-corrected chi connectivity index (χ3v) is 2.34. The quantitative estimate of drug-likeness (QED) is 0.795. The van der Waals surface area contributed by atoms with Gasteiger partial charge in [0.15, 0.2) is 11.5 Å². The number of benzene rings is 2. The summed E-state index contributed by atoms with van der Waals surface area (Å²) in [4.78, 5) is 0. The summed E-state index contributed by atoms with van der Waals surface area (Å²) in [5.41, 5.74) is 12.4. The van der Waals surface area contributed by atoms with E-state index >= 15 is 0 Å². The summed E-state index contributed by atoms with van der Waals surface area (Å²) in [5, 5.41) is 0. The molecule has 0 aliphatic carbocycles. The van der Waals surface area contributed by atoms with E-state index in [9.17, 15) is 0 Å². The molecule has 0 bridgehead atoms. The van der Waals surface area contributed by atoms with Crippen LogP contribution in [0.5, 0.6) is 17.2 Å². The van der Waals surface area contributed by atoms with Gasteiger partial charge in [-0.15, -0.1) is 0 Å². The molecule has 0 aliphatic heterocycles. The molecular formula is C13H14N2O2. The Morgan fingerprint density at radius 2 is 1.47 bits per heavy atom. The molecule has 17 heavy (non-hydrogen) atoms. The lowest BCUT2D eigenvalue weighted by Crippen LogP contribution is -1.98. The average molecular weight is 230 g/mol. The molecule has 2 aromatic rings. The number of hydrogen-bond donors (Lipinski definition) is 2. The Morgan fingerprint density at radius 1 is 0.882 bits per heavy atom. The Kier molecular flexibility index (Phi) is 3.05. The maximum atomic E-state index is 5.74. The SMILES string of the molecule is COc1cc(N)c(N)cc1Oc1ccccc1. The minimum absolute atomic E-state index is 0.469. The van der Waals surface area contributed by atoms with Gasteiger partial charge in [-0.25, -0.2) is 0 Å². The van der Waals surface area contributed by atoms with Gasteiger partial charge in [0, 0.05) is 12.1 Å². The van der Waals surface area contributed by atoms with Crippen molar-refractivity contribution in [2.45, 2.75) is 0 Å². The molecule has 0 aromatic heterocycles. The van der Waals surface area contributed by atoms with E-state index in [2.05, 4.69) is 0 Å². The van der Waals surface area contributed by atoms with E-state index in [0.717, 1.165) is 5.75 Å².